The fraction of sp³-hybridized carbons (Fsp3) is 0.706. The Kier molecular flexibility index (Phi) is 6.81. The van der Waals surface area contributed by atoms with Crippen LogP contribution < -0.4 is 5.32 Å². The predicted molar refractivity (Wildman–Crippen MR) is 84.4 cm³/mol. The van der Waals surface area contributed by atoms with Crippen molar-refractivity contribution in [3.63, 3.8) is 0 Å². The van der Waals surface area contributed by atoms with Crippen molar-refractivity contribution in [1.29, 1.82) is 5.26 Å². The molecule has 0 aliphatic heterocycles. The van der Waals surface area contributed by atoms with Crippen molar-refractivity contribution in [2.75, 3.05) is 6.54 Å². The predicted octanol–water partition coefficient (Wildman–Crippen LogP) is 4.27. The van der Waals surface area contributed by atoms with Gasteiger partial charge in [0.15, 0.2) is 0 Å². The molecule has 1 heterocycles. The number of nitriles is 1. The van der Waals surface area contributed by atoms with Crippen LogP contribution in [0.3, 0.4) is 0 Å². The van der Waals surface area contributed by atoms with Crippen LogP contribution in [0, 0.1) is 16.7 Å². The zero-order chi connectivity index (χ0) is 15.0. The molecule has 0 fully saturated rings. The molecule has 3 nitrogen and oxygen atoms in total. The molecule has 112 valence electrons. The fourth-order valence-corrected chi connectivity index (χ4v) is 2.47. The topological polar surface area (TPSA) is 40.8 Å². The molecular formula is C17H29N3. The number of hydrogen-bond donors (Lipinski definition) is 1. The lowest BCUT2D eigenvalue weighted by atomic mass is 9.89. The summed E-state index contributed by atoms with van der Waals surface area (Å²) in [7, 11) is 0. The number of nitrogens with one attached hydrogen (secondary N) is 1. The van der Waals surface area contributed by atoms with Gasteiger partial charge in [0, 0.05) is 25.0 Å². The third-order valence-electron chi connectivity index (χ3n) is 3.81. The van der Waals surface area contributed by atoms with Crippen LogP contribution in [0.15, 0.2) is 18.5 Å². The highest BCUT2D eigenvalue weighted by Gasteiger charge is 2.15. The molecule has 20 heavy (non-hydrogen) atoms. The van der Waals surface area contributed by atoms with Gasteiger partial charge in [0.2, 0.25) is 0 Å². The third kappa shape index (κ3) is 5.38. The van der Waals surface area contributed by atoms with Crippen LogP contribution in [0.2, 0.25) is 0 Å². The van der Waals surface area contributed by atoms with E-state index in [-0.39, 0.29) is 5.41 Å². The number of unbranched alkanes of at least 4 members (excludes halogenated alkanes) is 1. The molecule has 1 atom stereocenters. The van der Waals surface area contributed by atoms with Crippen molar-refractivity contribution in [3.05, 3.63) is 24.0 Å². The first-order valence-electron chi connectivity index (χ1n) is 7.82. The average Bonchev–Trinajstić information content (AvgIpc) is 2.89. The Morgan fingerprint density at radius 3 is 2.70 bits per heavy atom. The van der Waals surface area contributed by atoms with E-state index in [1.165, 1.54) is 5.56 Å². The lowest BCUT2D eigenvalue weighted by molar-refractivity contribution is 0.417. The smallest absolute Gasteiger partial charge is 0.0683 e. The molecule has 1 rings (SSSR count). The van der Waals surface area contributed by atoms with E-state index in [9.17, 15) is 0 Å². The molecule has 1 aromatic heterocycles. The van der Waals surface area contributed by atoms with E-state index in [0.717, 1.165) is 38.8 Å². The molecule has 0 spiro atoms. The van der Waals surface area contributed by atoms with Crippen LogP contribution in [0.5, 0.6) is 0 Å². The summed E-state index contributed by atoms with van der Waals surface area (Å²) in [5.74, 6) is 0. The highest BCUT2D eigenvalue weighted by molar-refractivity contribution is 5.15. The molecule has 0 aliphatic rings. The van der Waals surface area contributed by atoms with Crippen LogP contribution in [0.1, 0.15) is 65.0 Å². The van der Waals surface area contributed by atoms with Crippen molar-refractivity contribution in [1.82, 2.24) is 9.88 Å². The highest BCUT2D eigenvalue weighted by Crippen LogP contribution is 2.22. The summed E-state index contributed by atoms with van der Waals surface area (Å²) in [5, 5.41) is 12.5. The Labute approximate surface area is 124 Å². The number of aromatic nitrogens is 1. The lowest BCUT2D eigenvalue weighted by Crippen LogP contribution is -2.19. The Bertz CT molecular complexity index is 426. The minimum absolute atomic E-state index is 0.180. The summed E-state index contributed by atoms with van der Waals surface area (Å²) in [4.78, 5) is 0. The van der Waals surface area contributed by atoms with Gasteiger partial charge < -0.3 is 9.88 Å². The van der Waals surface area contributed by atoms with Gasteiger partial charge >= 0.3 is 0 Å². The summed E-state index contributed by atoms with van der Waals surface area (Å²) in [6.07, 6.45) is 8.77. The van der Waals surface area contributed by atoms with Crippen LogP contribution in [0.25, 0.3) is 0 Å². The van der Waals surface area contributed by atoms with E-state index < -0.39 is 0 Å². The van der Waals surface area contributed by atoms with Gasteiger partial charge in [-0.25, -0.2) is 0 Å². The summed E-state index contributed by atoms with van der Waals surface area (Å²) >= 11 is 0. The standard InChI is InChI=1S/C17H29N3/c1-5-16(19-6-2)15-9-12-20(13-15)11-8-7-10-17(3,4)14-18/h9,12-13,16,19H,5-8,10-11H2,1-4H3. The fourth-order valence-electron chi connectivity index (χ4n) is 2.47. The molecule has 1 unspecified atom stereocenters. The van der Waals surface area contributed by atoms with Crippen molar-refractivity contribution in [2.45, 2.75) is 66.0 Å². The lowest BCUT2D eigenvalue weighted by Gasteiger charge is -2.15. The number of aryl methyl sites for hydroxylation is 1. The Morgan fingerprint density at radius 1 is 1.35 bits per heavy atom. The van der Waals surface area contributed by atoms with Gasteiger partial charge in [0.25, 0.3) is 0 Å². The summed E-state index contributed by atoms with van der Waals surface area (Å²) < 4.78 is 2.27. The maximum atomic E-state index is 8.99. The molecule has 0 amide bonds. The Balaban J connectivity index is 2.39. The summed E-state index contributed by atoms with van der Waals surface area (Å²) in [6.45, 7) is 10.5. The Morgan fingerprint density at radius 2 is 2.10 bits per heavy atom. The zero-order valence-corrected chi connectivity index (χ0v) is 13.4. The van der Waals surface area contributed by atoms with E-state index in [0.29, 0.717) is 6.04 Å². The SMILES string of the molecule is CCNC(CC)c1ccn(CCCCC(C)(C)C#N)c1. The largest absolute Gasteiger partial charge is 0.354 e. The molecule has 1 N–H and O–H groups in total. The van der Waals surface area contributed by atoms with E-state index >= 15 is 0 Å². The maximum Gasteiger partial charge on any atom is 0.0683 e. The quantitative estimate of drug-likeness (QED) is 0.684. The van der Waals surface area contributed by atoms with Gasteiger partial charge in [-0.1, -0.05) is 20.3 Å². The minimum atomic E-state index is -0.180. The van der Waals surface area contributed by atoms with E-state index in [1.807, 2.05) is 13.8 Å². The van der Waals surface area contributed by atoms with Gasteiger partial charge in [-0.15, -0.1) is 0 Å². The van der Waals surface area contributed by atoms with Crippen LogP contribution in [-0.2, 0) is 6.54 Å². The molecule has 3 heteroatoms. The molecule has 1 aromatic rings. The van der Waals surface area contributed by atoms with E-state index in [4.69, 9.17) is 5.26 Å². The number of rotatable bonds is 9. The molecule has 0 bridgehead atoms. The molecule has 0 saturated heterocycles. The van der Waals surface area contributed by atoms with E-state index in [2.05, 4.69) is 48.3 Å². The molecule has 0 saturated carbocycles. The Hall–Kier alpha value is -1.27. The van der Waals surface area contributed by atoms with Crippen molar-refractivity contribution >= 4 is 0 Å². The van der Waals surface area contributed by atoms with Crippen LogP contribution in [0.4, 0.5) is 0 Å². The molecular weight excluding hydrogens is 246 g/mol. The van der Waals surface area contributed by atoms with Gasteiger partial charge in [-0.2, -0.15) is 5.26 Å². The first kappa shape index (κ1) is 16.8. The highest BCUT2D eigenvalue weighted by atomic mass is 15.0. The first-order chi connectivity index (χ1) is 9.52. The van der Waals surface area contributed by atoms with E-state index in [1.54, 1.807) is 0 Å². The second-order valence-corrected chi connectivity index (χ2v) is 6.15. The van der Waals surface area contributed by atoms with Crippen molar-refractivity contribution in [3.8, 4) is 6.07 Å². The molecule has 0 radical (unpaired) electrons. The van der Waals surface area contributed by atoms with Crippen molar-refractivity contribution < 1.29 is 0 Å². The minimum Gasteiger partial charge on any atom is -0.354 e. The monoisotopic (exact) mass is 275 g/mol. The van der Waals surface area contributed by atoms with Crippen LogP contribution >= 0.6 is 0 Å². The zero-order valence-electron chi connectivity index (χ0n) is 13.4. The maximum absolute atomic E-state index is 8.99. The second kappa shape index (κ2) is 8.11. The number of hydrogen-bond acceptors (Lipinski definition) is 2. The van der Waals surface area contributed by atoms with Crippen LogP contribution in [-0.4, -0.2) is 11.1 Å². The molecule has 0 aromatic carbocycles. The van der Waals surface area contributed by atoms with Gasteiger partial charge in [-0.3, -0.25) is 0 Å². The summed E-state index contributed by atoms with van der Waals surface area (Å²) in [6, 6.07) is 5.05. The summed E-state index contributed by atoms with van der Waals surface area (Å²) in [5.41, 5.74) is 1.20. The van der Waals surface area contributed by atoms with Gasteiger partial charge in [0.05, 0.1) is 11.5 Å². The van der Waals surface area contributed by atoms with Crippen molar-refractivity contribution in [2.24, 2.45) is 5.41 Å². The molecule has 0 aliphatic carbocycles. The normalized spacial score (nSPS) is 13.2. The number of nitrogens with zero attached hydrogens (tertiary/aromatic N) is 2. The second-order valence-electron chi connectivity index (χ2n) is 6.15. The third-order valence-corrected chi connectivity index (χ3v) is 3.81. The van der Waals surface area contributed by atoms with Gasteiger partial charge in [0.1, 0.15) is 0 Å². The first-order valence-corrected chi connectivity index (χ1v) is 7.82. The van der Waals surface area contributed by atoms with Gasteiger partial charge in [-0.05, 0) is 51.3 Å². The average molecular weight is 275 g/mol.